The lowest BCUT2D eigenvalue weighted by Crippen LogP contribution is -2.13. The number of hydrogen-bond donors (Lipinski definition) is 1. The molecular weight excluding hydrogens is 346 g/mol. The van der Waals surface area contributed by atoms with Crippen LogP contribution in [-0.2, 0) is 17.9 Å². The van der Waals surface area contributed by atoms with Gasteiger partial charge in [0.1, 0.15) is 6.61 Å². The summed E-state index contributed by atoms with van der Waals surface area (Å²) in [5.74, 6) is 0. The van der Waals surface area contributed by atoms with E-state index in [2.05, 4.69) is 41.4 Å². The van der Waals surface area contributed by atoms with E-state index in [9.17, 15) is 4.79 Å². The van der Waals surface area contributed by atoms with Gasteiger partial charge in [-0.25, -0.2) is 9.78 Å². The normalized spacial score (nSPS) is 10.5. The molecular formula is C20H21N3O2S. The second-order valence-electron chi connectivity index (χ2n) is 5.91. The van der Waals surface area contributed by atoms with E-state index in [-0.39, 0.29) is 6.61 Å². The summed E-state index contributed by atoms with van der Waals surface area (Å²) < 4.78 is 7.41. The summed E-state index contributed by atoms with van der Waals surface area (Å²) >= 11 is 1.38. The van der Waals surface area contributed by atoms with Gasteiger partial charge in [0, 0.05) is 28.9 Å². The number of allylic oxidation sites excluding steroid dienone is 1. The molecule has 134 valence electrons. The Morgan fingerprint density at radius 1 is 1.35 bits per heavy atom. The number of benzene rings is 1. The molecule has 1 aromatic carbocycles. The van der Waals surface area contributed by atoms with Gasteiger partial charge in [-0.1, -0.05) is 36.4 Å². The minimum atomic E-state index is -0.508. The average Bonchev–Trinajstić information content (AvgIpc) is 3.20. The standard InChI is InChI=1S/C20H21N3O2S/c1-4-10-23-14(2)11-17(15(23)3)18-13-26-19(21-18)22-20(24)25-12-16-8-6-5-7-9-16/h4-9,11,13H,1,10,12H2,2-3H3,(H,21,22,24). The predicted molar refractivity (Wildman–Crippen MR) is 105 cm³/mol. The van der Waals surface area contributed by atoms with Crippen LogP contribution in [0.4, 0.5) is 9.93 Å². The lowest BCUT2D eigenvalue weighted by molar-refractivity contribution is 0.155. The van der Waals surface area contributed by atoms with Crippen LogP contribution in [0.25, 0.3) is 11.3 Å². The Balaban J connectivity index is 1.65. The van der Waals surface area contributed by atoms with Crippen LogP contribution in [0, 0.1) is 13.8 Å². The van der Waals surface area contributed by atoms with Crippen molar-refractivity contribution in [1.29, 1.82) is 0 Å². The molecule has 3 aromatic rings. The van der Waals surface area contributed by atoms with Gasteiger partial charge in [-0.2, -0.15) is 0 Å². The molecule has 0 radical (unpaired) electrons. The van der Waals surface area contributed by atoms with Crippen LogP contribution in [-0.4, -0.2) is 15.6 Å². The zero-order valence-electron chi connectivity index (χ0n) is 14.9. The van der Waals surface area contributed by atoms with Crippen LogP contribution in [0.1, 0.15) is 17.0 Å². The van der Waals surface area contributed by atoms with E-state index >= 15 is 0 Å². The fraction of sp³-hybridized carbons (Fsp3) is 0.200. The van der Waals surface area contributed by atoms with Crippen molar-refractivity contribution in [3.8, 4) is 11.3 Å². The van der Waals surface area contributed by atoms with Gasteiger partial charge in [-0.3, -0.25) is 5.32 Å². The number of carbonyl (C=O) groups is 1. The summed E-state index contributed by atoms with van der Waals surface area (Å²) in [6.07, 6.45) is 1.37. The minimum Gasteiger partial charge on any atom is -0.444 e. The molecule has 0 bridgehead atoms. The maximum absolute atomic E-state index is 12.0. The molecule has 2 aromatic heterocycles. The van der Waals surface area contributed by atoms with Crippen LogP contribution in [0.5, 0.6) is 0 Å². The summed E-state index contributed by atoms with van der Waals surface area (Å²) in [5, 5.41) is 5.15. The van der Waals surface area contributed by atoms with Gasteiger partial charge in [0.05, 0.1) is 5.69 Å². The van der Waals surface area contributed by atoms with Crippen molar-refractivity contribution in [1.82, 2.24) is 9.55 Å². The lowest BCUT2D eigenvalue weighted by atomic mass is 10.2. The number of amides is 1. The predicted octanol–water partition coefficient (Wildman–Crippen LogP) is 5.16. The highest BCUT2D eigenvalue weighted by Gasteiger charge is 2.14. The van der Waals surface area contributed by atoms with Gasteiger partial charge in [-0.05, 0) is 25.5 Å². The number of nitrogens with one attached hydrogen (secondary N) is 1. The molecule has 0 saturated carbocycles. The molecule has 2 heterocycles. The topological polar surface area (TPSA) is 56.2 Å². The quantitative estimate of drug-likeness (QED) is 0.612. The highest BCUT2D eigenvalue weighted by molar-refractivity contribution is 7.14. The molecule has 0 atom stereocenters. The Bertz CT molecular complexity index is 913. The summed E-state index contributed by atoms with van der Waals surface area (Å²) in [6.45, 7) is 8.92. The molecule has 0 aliphatic carbocycles. The monoisotopic (exact) mass is 367 g/mol. The number of hydrogen-bond acceptors (Lipinski definition) is 4. The maximum Gasteiger partial charge on any atom is 0.413 e. The third kappa shape index (κ3) is 4.03. The fourth-order valence-electron chi connectivity index (χ4n) is 2.77. The number of thiazole rings is 1. The van der Waals surface area contributed by atoms with Gasteiger partial charge in [0.25, 0.3) is 0 Å². The molecule has 0 aliphatic heterocycles. The second kappa shape index (κ2) is 8.01. The number of aromatic nitrogens is 2. The summed E-state index contributed by atoms with van der Waals surface area (Å²) in [7, 11) is 0. The largest absolute Gasteiger partial charge is 0.444 e. The zero-order valence-corrected chi connectivity index (χ0v) is 15.7. The van der Waals surface area contributed by atoms with E-state index in [0.717, 1.165) is 34.8 Å². The van der Waals surface area contributed by atoms with Crippen molar-refractivity contribution in [3.05, 3.63) is 71.4 Å². The first-order valence-corrected chi connectivity index (χ1v) is 9.17. The first-order chi connectivity index (χ1) is 12.6. The van der Waals surface area contributed by atoms with E-state index < -0.39 is 6.09 Å². The fourth-order valence-corrected chi connectivity index (χ4v) is 3.47. The molecule has 5 nitrogen and oxygen atoms in total. The Morgan fingerprint density at radius 2 is 2.12 bits per heavy atom. The van der Waals surface area contributed by atoms with E-state index in [0.29, 0.717) is 5.13 Å². The summed E-state index contributed by atoms with van der Waals surface area (Å²) in [4.78, 5) is 16.5. The van der Waals surface area contributed by atoms with Crippen molar-refractivity contribution in [3.63, 3.8) is 0 Å². The number of aryl methyl sites for hydroxylation is 1. The van der Waals surface area contributed by atoms with E-state index in [1.807, 2.05) is 41.8 Å². The molecule has 26 heavy (non-hydrogen) atoms. The molecule has 0 unspecified atom stereocenters. The van der Waals surface area contributed by atoms with Crippen LogP contribution < -0.4 is 5.32 Å². The highest BCUT2D eigenvalue weighted by atomic mass is 32.1. The SMILES string of the molecule is C=CCn1c(C)cc(-c2csc(NC(=O)OCc3ccccc3)n2)c1C. The van der Waals surface area contributed by atoms with E-state index in [4.69, 9.17) is 4.74 Å². The number of nitrogens with zero attached hydrogens (tertiary/aromatic N) is 2. The highest BCUT2D eigenvalue weighted by Crippen LogP contribution is 2.30. The molecule has 0 saturated heterocycles. The van der Waals surface area contributed by atoms with Crippen molar-refractivity contribution < 1.29 is 9.53 Å². The number of carbonyl (C=O) groups excluding carboxylic acids is 1. The smallest absolute Gasteiger partial charge is 0.413 e. The van der Waals surface area contributed by atoms with Crippen molar-refractivity contribution >= 4 is 22.6 Å². The molecule has 3 rings (SSSR count). The molecule has 1 amide bonds. The van der Waals surface area contributed by atoms with Crippen LogP contribution in [0.15, 0.2) is 54.4 Å². The Kier molecular flexibility index (Phi) is 5.53. The van der Waals surface area contributed by atoms with Crippen molar-refractivity contribution in [2.75, 3.05) is 5.32 Å². The van der Waals surface area contributed by atoms with Crippen LogP contribution in [0.2, 0.25) is 0 Å². The summed E-state index contributed by atoms with van der Waals surface area (Å²) in [6, 6.07) is 11.7. The number of rotatable bonds is 6. The van der Waals surface area contributed by atoms with E-state index in [1.54, 1.807) is 0 Å². The Labute approximate surface area is 157 Å². The molecule has 1 N–H and O–H groups in total. The van der Waals surface area contributed by atoms with Gasteiger partial charge in [0.15, 0.2) is 5.13 Å². The summed E-state index contributed by atoms with van der Waals surface area (Å²) in [5.41, 5.74) is 5.13. The third-order valence-corrected chi connectivity index (χ3v) is 4.84. The molecule has 0 fully saturated rings. The zero-order chi connectivity index (χ0) is 18.5. The molecule has 0 aliphatic rings. The first kappa shape index (κ1) is 17.9. The van der Waals surface area contributed by atoms with Gasteiger partial charge in [0.2, 0.25) is 0 Å². The average molecular weight is 367 g/mol. The molecule has 0 spiro atoms. The van der Waals surface area contributed by atoms with Crippen LogP contribution in [0.3, 0.4) is 0 Å². The number of anilines is 1. The minimum absolute atomic E-state index is 0.230. The Hall–Kier alpha value is -2.86. The van der Waals surface area contributed by atoms with Crippen molar-refractivity contribution in [2.45, 2.75) is 27.0 Å². The Morgan fingerprint density at radius 3 is 2.85 bits per heavy atom. The maximum atomic E-state index is 12.0. The van der Waals surface area contributed by atoms with Gasteiger partial charge in [-0.15, -0.1) is 17.9 Å². The second-order valence-corrected chi connectivity index (χ2v) is 6.77. The third-order valence-electron chi connectivity index (χ3n) is 4.09. The van der Waals surface area contributed by atoms with Gasteiger partial charge >= 0.3 is 6.09 Å². The first-order valence-electron chi connectivity index (χ1n) is 8.29. The van der Waals surface area contributed by atoms with E-state index in [1.165, 1.54) is 11.3 Å². The molecule has 6 heteroatoms. The van der Waals surface area contributed by atoms with Crippen molar-refractivity contribution in [2.24, 2.45) is 0 Å². The van der Waals surface area contributed by atoms with Gasteiger partial charge < -0.3 is 9.30 Å². The number of ether oxygens (including phenoxy) is 1. The van der Waals surface area contributed by atoms with Crippen LogP contribution >= 0.6 is 11.3 Å². The lowest BCUT2D eigenvalue weighted by Gasteiger charge is -2.05.